The van der Waals surface area contributed by atoms with E-state index in [0.29, 0.717) is 11.5 Å². The third kappa shape index (κ3) is 5.87. The molecular weight excluding hydrogens is 756 g/mol. The molecule has 0 atom stereocenters. The molecule has 4 aromatic carbocycles. The SMILES string of the molecule is CC(C)(C)c1ccc2c(c1)C(c1[c-]c(Oc3[c-]c(-c4ccccn4)ccc3)ccc1)(c1ccccn1)c1cc(C(C)(C)C)ccc1-2.[Pt+2]. The van der Waals surface area contributed by atoms with Crippen molar-refractivity contribution in [3.63, 3.8) is 0 Å². The van der Waals surface area contributed by atoms with Gasteiger partial charge in [0.1, 0.15) is 0 Å². The average Bonchev–Trinajstić information content (AvgIpc) is 3.35. The molecule has 3 nitrogen and oxygen atoms in total. The van der Waals surface area contributed by atoms with Crippen molar-refractivity contribution in [3.8, 4) is 33.9 Å². The maximum Gasteiger partial charge on any atom is 2.00 e. The summed E-state index contributed by atoms with van der Waals surface area (Å²) in [4.78, 5) is 9.57. The molecule has 2 heterocycles. The molecule has 0 saturated heterocycles. The Bertz CT molecular complexity index is 1980. The number of hydrogen-bond acceptors (Lipinski definition) is 3. The summed E-state index contributed by atoms with van der Waals surface area (Å²) in [6.07, 6.45) is 3.69. The van der Waals surface area contributed by atoms with Gasteiger partial charge in [-0.3, -0.25) is 4.98 Å². The fraction of sp³-hybridized carbons (Fsp3) is 0.209. The zero-order chi connectivity index (χ0) is 32.1. The predicted octanol–water partition coefficient (Wildman–Crippen LogP) is 10.5. The predicted molar refractivity (Wildman–Crippen MR) is 186 cm³/mol. The number of pyridine rings is 2. The number of nitrogens with zero attached hydrogens (tertiary/aromatic N) is 2. The van der Waals surface area contributed by atoms with E-state index in [4.69, 9.17) is 9.72 Å². The van der Waals surface area contributed by atoms with E-state index in [9.17, 15) is 0 Å². The summed E-state index contributed by atoms with van der Waals surface area (Å²) in [6, 6.07) is 45.3. The number of benzene rings is 4. The van der Waals surface area contributed by atoms with Crippen molar-refractivity contribution in [2.75, 3.05) is 0 Å². The smallest absolute Gasteiger partial charge is 0.503 e. The molecule has 0 N–H and O–H groups in total. The molecule has 0 aliphatic heterocycles. The number of hydrogen-bond donors (Lipinski definition) is 0. The van der Waals surface area contributed by atoms with Gasteiger partial charge in [-0.1, -0.05) is 102 Å². The van der Waals surface area contributed by atoms with Crippen LogP contribution in [0.2, 0.25) is 0 Å². The molecule has 7 rings (SSSR count). The first kappa shape index (κ1) is 32.6. The van der Waals surface area contributed by atoms with E-state index in [1.165, 1.54) is 33.4 Å². The molecule has 0 bridgehead atoms. The normalized spacial score (nSPS) is 13.3. The molecule has 47 heavy (non-hydrogen) atoms. The van der Waals surface area contributed by atoms with Crippen LogP contribution in [-0.2, 0) is 37.3 Å². The van der Waals surface area contributed by atoms with Crippen LogP contribution in [0.3, 0.4) is 0 Å². The first-order valence-corrected chi connectivity index (χ1v) is 15.9. The molecule has 0 spiro atoms. The van der Waals surface area contributed by atoms with Crippen LogP contribution in [0.15, 0.2) is 122 Å². The number of ether oxygens (including phenoxy) is 1. The minimum absolute atomic E-state index is 0. The molecule has 0 unspecified atom stereocenters. The summed E-state index contributed by atoms with van der Waals surface area (Å²) >= 11 is 0. The Kier molecular flexibility index (Phi) is 8.57. The van der Waals surface area contributed by atoms with Gasteiger partial charge in [-0.15, -0.1) is 41.5 Å². The monoisotopic (exact) mass is 793 g/mol. The second kappa shape index (κ2) is 12.4. The minimum atomic E-state index is -0.701. The Morgan fingerprint density at radius 3 is 1.70 bits per heavy atom. The number of aromatic nitrogens is 2. The Balaban J connectivity index is 0.00000386. The molecule has 6 aromatic rings. The first-order chi connectivity index (χ1) is 22.0. The van der Waals surface area contributed by atoms with Gasteiger partial charge in [0, 0.05) is 23.9 Å². The Hall–Kier alpha value is -4.33. The Morgan fingerprint density at radius 1 is 0.574 bits per heavy atom. The largest absolute Gasteiger partial charge is 2.00 e. The summed E-state index contributed by atoms with van der Waals surface area (Å²) in [6.45, 7) is 13.6. The Morgan fingerprint density at radius 2 is 1.15 bits per heavy atom. The third-order valence-corrected chi connectivity index (χ3v) is 9.02. The van der Waals surface area contributed by atoms with Gasteiger partial charge < -0.3 is 9.72 Å². The van der Waals surface area contributed by atoms with Crippen molar-refractivity contribution in [1.82, 2.24) is 9.97 Å². The summed E-state index contributed by atoms with van der Waals surface area (Å²) in [7, 11) is 0. The molecule has 0 saturated carbocycles. The number of fused-ring (bicyclic) bond motifs is 3. The van der Waals surface area contributed by atoms with E-state index in [-0.39, 0.29) is 31.9 Å². The number of rotatable bonds is 5. The molecule has 1 aliphatic rings. The average molecular weight is 794 g/mol. The third-order valence-electron chi connectivity index (χ3n) is 9.02. The van der Waals surface area contributed by atoms with E-state index in [1.807, 2.05) is 54.7 Å². The molecule has 236 valence electrons. The van der Waals surface area contributed by atoms with Crippen molar-refractivity contribution in [1.29, 1.82) is 0 Å². The molecule has 0 fully saturated rings. The van der Waals surface area contributed by atoms with Gasteiger partial charge in [0.15, 0.2) is 0 Å². The van der Waals surface area contributed by atoms with Crippen molar-refractivity contribution >= 4 is 0 Å². The van der Waals surface area contributed by atoms with Crippen molar-refractivity contribution in [2.24, 2.45) is 0 Å². The molecule has 4 heteroatoms. The molecule has 1 aliphatic carbocycles. The van der Waals surface area contributed by atoms with Crippen LogP contribution < -0.4 is 4.74 Å². The second-order valence-corrected chi connectivity index (χ2v) is 14.2. The van der Waals surface area contributed by atoms with Crippen LogP contribution in [0.1, 0.15) is 75.1 Å². The van der Waals surface area contributed by atoms with Gasteiger partial charge in [0.05, 0.1) is 11.1 Å². The maximum atomic E-state index is 6.49. The summed E-state index contributed by atoms with van der Waals surface area (Å²) < 4.78 is 6.49. The van der Waals surface area contributed by atoms with Gasteiger partial charge >= 0.3 is 21.1 Å². The van der Waals surface area contributed by atoms with Gasteiger partial charge in [-0.2, -0.15) is 12.1 Å². The van der Waals surface area contributed by atoms with Crippen LogP contribution in [0.5, 0.6) is 11.5 Å². The van der Waals surface area contributed by atoms with Gasteiger partial charge in [-0.25, -0.2) is 0 Å². The van der Waals surface area contributed by atoms with E-state index < -0.39 is 5.41 Å². The van der Waals surface area contributed by atoms with E-state index in [2.05, 4.69) is 119 Å². The van der Waals surface area contributed by atoms with Crippen LogP contribution >= 0.6 is 0 Å². The molecule has 0 radical (unpaired) electrons. The zero-order valence-corrected chi connectivity index (χ0v) is 29.9. The quantitative estimate of drug-likeness (QED) is 0.163. The van der Waals surface area contributed by atoms with Crippen LogP contribution in [0.4, 0.5) is 0 Å². The molecule has 2 aromatic heterocycles. The van der Waals surface area contributed by atoms with Crippen molar-refractivity contribution < 1.29 is 25.8 Å². The van der Waals surface area contributed by atoms with Crippen LogP contribution in [0.25, 0.3) is 22.4 Å². The van der Waals surface area contributed by atoms with Crippen molar-refractivity contribution in [3.05, 3.63) is 167 Å². The second-order valence-electron chi connectivity index (χ2n) is 14.2. The summed E-state index contributed by atoms with van der Waals surface area (Å²) in [5.41, 5.74) is 10.4. The van der Waals surface area contributed by atoms with Crippen molar-refractivity contribution in [2.45, 2.75) is 57.8 Å². The topological polar surface area (TPSA) is 35.0 Å². The molecular formula is C43H38N2OPt. The summed E-state index contributed by atoms with van der Waals surface area (Å²) in [5.74, 6) is 1.23. The van der Waals surface area contributed by atoms with Crippen LogP contribution in [0, 0.1) is 12.1 Å². The van der Waals surface area contributed by atoms with E-state index >= 15 is 0 Å². The van der Waals surface area contributed by atoms with Gasteiger partial charge in [0.25, 0.3) is 0 Å². The van der Waals surface area contributed by atoms with Crippen LogP contribution in [-0.4, -0.2) is 9.97 Å². The fourth-order valence-electron chi connectivity index (χ4n) is 6.57. The van der Waals surface area contributed by atoms with Gasteiger partial charge in [-0.05, 0) is 68.1 Å². The maximum absolute atomic E-state index is 6.49. The Labute approximate surface area is 293 Å². The standard InChI is InChI=1S/C43H38N2O.Pt/c1-41(2,3)30-19-21-35-36-22-20-31(42(4,5)6)28-38(36)43(37(35)27-30,40-18-8-10-24-45-40)32-14-12-16-34(26-32)46-33-15-11-13-29(25-33)39-17-7-9-23-44-39;/h7-24,27-28H,1-6H3;/q-2;+2. The summed E-state index contributed by atoms with van der Waals surface area (Å²) in [5, 5.41) is 0. The first-order valence-electron chi connectivity index (χ1n) is 15.9. The molecule has 0 amide bonds. The van der Waals surface area contributed by atoms with E-state index in [0.717, 1.165) is 22.5 Å². The zero-order valence-electron chi connectivity index (χ0n) is 27.7. The van der Waals surface area contributed by atoms with Gasteiger partial charge in [0.2, 0.25) is 0 Å². The minimum Gasteiger partial charge on any atom is -0.503 e. The van der Waals surface area contributed by atoms with E-state index in [1.54, 1.807) is 6.20 Å². The fourth-order valence-corrected chi connectivity index (χ4v) is 6.57.